The summed E-state index contributed by atoms with van der Waals surface area (Å²) in [7, 11) is 0. The molecule has 1 saturated carbocycles. The number of benzene rings is 1. The van der Waals surface area contributed by atoms with Crippen LogP contribution in [0.2, 0.25) is 0 Å². The van der Waals surface area contributed by atoms with Gasteiger partial charge in [-0.15, -0.1) is 0 Å². The third-order valence-corrected chi connectivity index (χ3v) is 5.25. The Kier molecular flexibility index (Phi) is 3.94. The number of nitrogens with two attached hydrogens (primary N) is 1. The summed E-state index contributed by atoms with van der Waals surface area (Å²) in [5.41, 5.74) is 5.87. The molecular weight excluding hydrogens is 345 g/mol. The summed E-state index contributed by atoms with van der Waals surface area (Å²) in [4.78, 5) is 1.87. The Hall–Kier alpha value is -0.750. The van der Waals surface area contributed by atoms with E-state index in [4.69, 9.17) is 5.73 Å². The van der Waals surface area contributed by atoms with Gasteiger partial charge in [0.1, 0.15) is 0 Å². The van der Waals surface area contributed by atoms with Gasteiger partial charge in [-0.1, -0.05) is 22.4 Å². The molecule has 0 aromatic heterocycles. The Morgan fingerprint density at radius 3 is 2.62 bits per heavy atom. The van der Waals surface area contributed by atoms with Gasteiger partial charge < -0.3 is 10.6 Å². The second-order valence-electron chi connectivity index (χ2n) is 6.08. The van der Waals surface area contributed by atoms with Gasteiger partial charge in [0.05, 0.1) is 5.56 Å². The fourth-order valence-corrected chi connectivity index (χ4v) is 4.09. The fourth-order valence-electron chi connectivity index (χ4n) is 3.72. The first-order valence-corrected chi connectivity index (χ1v) is 8.03. The number of halogens is 4. The molecule has 1 heterocycles. The molecule has 3 unspecified atom stereocenters. The van der Waals surface area contributed by atoms with E-state index >= 15 is 0 Å². The Labute approximate surface area is 130 Å². The fraction of sp³-hybridized carbons (Fsp3) is 0.600. The van der Waals surface area contributed by atoms with Crippen LogP contribution in [-0.4, -0.2) is 19.1 Å². The van der Waals surface area contributed by atoms with Crippen LogP contribution in [0, 0.1) is 11.8 Å². The van der Waals surface area contributed by atoms with Crippen LogP contribution < -0.4 is 10.6 Å². The van der Waals surface area contributed by atoms with E-state index in [0.29, 0.717) is 29.4 Å². The maximum atomic E-state index is 13.3. The highest BCUT2D eigenvalue weighted by atomic mass is 79.9. The average Bonchev–Trinajstić information content (AvgIpc) is 2.83. The molecule has 3 atom stereocenters. The number of hydrogen-bond donors (Lipinski definition) is 1. The number of fused-ring (bicyclic) bond motifs is 1. The van der Waals surface area contributed by atoms with Crippen LogP contribution in [0.3, 0.4) is 0 Å². The van der Waals surface area contributed by atoms with Crippen molar-refractivity contribution in [3.05, 3.63) is 28.2 Å². The first-order chi connectivity index (χ1) is 9.86. The van der Waals surface area contributed by atoms with E-state index in [1.807, 2.05) is 4.90 Å². The highest BCUT2D eigenvalue weighted by Gasteiger charge is 2.42. The van der Waals surface area contributed by atoms with E-state index in [-0.39, 0.29) is 11.7 Å². The van der Waals surface area contributed by atoms with Crippen molar-refractivity contribution in [3.8, 4) is 0 Å². The molecule has 1 aliphatic carbocycles. The second kappa shape index (κ2) is 5.47. The Morgan fingerprint density at radius 2 is 1.95 bits per heavy atom. The molecule has 1 saturated heterocycles. The second-order valence-corrected chi connectivity index (χ2v) is 7.00. The summed E-state index contributed by atoms with van der Waals surface area (Å²) in [6.45, 7) is 1.32. The Morgan fingerprint density at radius 1 is 1.19 bits per heavy atom. The highest BCUT2D eigenvalue weighted by molar-refractivity contribution is 9.10. The summed E-state index contributed by atoms with van der Waals surface area (Å²) in [5.74, 6) is 0.752. The Bertz CT molecular complexity index is 532. The molecule has 21 heavy (non-hydrogen) atoms. The van der Waals surface area contributed by atoms with Crippen molar-refractivity contribution in [3.63, 3.8) is 0 Å². The maximum absolute atomic E-state index is 13.3. The quantitative estimate of drug-likeness (QED) is 0.816. The number of alkyl halides is 3. The van der Waals surface area contributed by atoms with Crippen LogP contribution in [0.5, 0.6) is 0 Å². The third kappa shape index (κ3) is 2.93. The summed E-state index contributed by atoms with van der Waals surface area (Å²) >= 11 is 3.13. The topological polar surface area (TPSA) is 29.3 Å². The maximum Gasteiger partial charge on any atom is 0.418 e. The molecule has 2 N–H and O–H groups in total. The minimum absolute atomic E-state index is 0.124. The molecular formula is C15H18BrF3N2. The van der Waals surface area contributed by atoms with Crippen molar-refractivity contribution >= 4 is 21.6 Å². The molecule has 1 aromatic rings. The highest BCUT2D eigenvalue weighted by Crippen LogP contribution is 2.43. The molecule has 2 aliphatic rings. The van der Waals surface area contributed by atoms with Crippen LogP contribution in [0.1, 0.15) is 24.8 Å². The van der Waals surface area contributed by atoms with Gasteiger partial charge in [-0.3, -0.25) is 0 Å². The normalized spacial score (nSPS) is 29.6. The molecule has 1 aromatic carbocycles. The lowest BCUT2D eigenvalue weighted by molar-refractivity contribution is -0.137. The van der Waals surface area contributed by atoms with Crippen molar-refractivity contribution in [2.75, 3.05) is 18.0 Å². The van der Waals surface area contributed by atoms with Crippen molar-refractivity contribution in [2.45, 2.75) is 31.5 Å². The zero-order valence-electron chi connectivity index (χ0n) is 11.5. The van der Waals surface area contributed by atoms with Crippen molar-refractivity contribution < 1.29 is 13.2 Å². The van der Waals surface area contributed by atoms with Gasteiger partial charge in [0, 0.05) is 29.3 Å². The third-order valence-electron chi connectivity index (χ3n) is 4.76. The minimum Gasteiger partial charge on any atom is -0.370 e. The Balaban J connectivity index is 1.91. The molecule has 0 bridgehead atoms. The zero-order chi connectivity index (χ0) is 15.2. The molecule has 0 amide bonds. The van der Waals surface area contributed by atoms with Crippen LogP contribution >= 0.6 is 15.9 Å². The first-order valence-electron chi connectivity index (χ1n) is 7.23. The predicted octanol–water partition coefficient (Wildman–Crippen LogP) is 4.03. The first kappa shape index (κ1) is 15.2. The molecule has 2 nitrogen and oxygen atoms in total. The molecule has 116 valence electrons. The molecule has 0 radical (unpaired) electrons. The summed E-state index contributed by atoms with van der Waals surface area (Å²) in [5, 5.41) is 0. The smallest absolute Gasteiger partial charge is 0.370 e. The summed E-state index contributed by atoms with van der Waals surface area (Å²) in [6.07, 6.45) is -1.19. The van der Waals surface area contributed by atoms with Gasteiger partial charge in [0.25, 0.3) is 0 Å². The van der Waals surface area contributed by atoms with Crippen LogP contribution in [0.4, 0.5) is 18.9 Å². The van der Waals surface area contributed by atoms with E-state index in [2.05, 4.69) is 15.9 Å². The lowest BCUT2D eigenvalue weighted by Gasteiger charge is -2.29. The molecule has 3 rings (SSSR count). The van der Waals surface area contributed by atoms with Crippen molar-refractivity contribution in [1.29, 1.82) is 0 Å². The lowest BCUT2D eigenvalue weighted by atomic mass is 9.78. The standard InChI is InChI=1S/C15H18BrF3N2/c16-10-4-5-14(12(6-10)15(17,18)19)21-7-9-2-1-3-13(20)11(9)8-21/h4-6,9,11,13H,1-3,7-8,20H2. The largest absolute Gasteiger partial charge is 0.418 e. The monoisotopic (exact) mass is 362 g/mol. The SMILES string of the molecule is NC1CCCC2CN(c3ccc(Br)cc3C(F)(F)F)CC12. The number of anilines is 1. The van der Waals surface area contributed by atoms with E-state index in [0.717, 1.165) is 25.3 Å². The van der Waals surface area contributed by atoms with Crippen molar-refractivity contribution in [2.24, 2.45) is 17.6 Å². The molecule has 6 heteroatoms. The van der Waals surface area contributed by atoms with Gasteiger partial charge in [-0.05, 0) is 42.9 Å². The van der Waals surface area contributed by atoms with Crippen molar-refractivity contribution in [1.82, 2.24) is 0 Å². The van der Waals surface area contributed by atoms with Gasteiger partial charge in [-0.25, -0.2) is 0 Å². The summed E-state index contributed by atoms with van der Waals surface area (Å²) < 4.78 is 40.2. The van der Waals surface area contributed by atoms with Gasteiger partial charge in [0.2, 0.25) is 0 Å². The number of rotatable bonds is 1. The van der Waals surface area contributed by atoms with Gasteiger partial charge >= 0.3 is 6.18 Å². The average molecular weight is 363 g/mol. The van der Waals surface area contributed by atoms with Crippen LogP contribution in [-0.2, 0) is 6.18 Å². The van der Waals surface area contributed by atoms with Crippen LogP contribution in [0.15, 0.2) is 22.7 Å². The summed E-state index contributed by atoms with van der Waals surface area (Å²) in [6, 6.07) is 4.53. The number of nitrogens with zero attached hydrogens (tertiary/aromatic N) is 1. The molecule has 0 spiro atoms. The van der Waals surface area contributed by atoms with E-state index in [1.54, 1.807) is 12.1 Å². The molecule has 1 aliphatic heterocycles. The number of hydrogen-bond acceptors (Lipinski definition) is 2. The van der Waals surface area contributed by atoms with Gasteiger partial charge in [-0.2, -0.15) is 13.2 Å². The van der Waals surface area contributed by atoms with Gasteiger partial charge in [0.15, 0.2) is 0 Å². The minimum atomic E-state index is -4.34. The lowest BCUT2D eigenvalue weighted by Crippen LogP contribution is -2.38. The van der Waals surface area contributed by atoms with E-state index in [1.165, 1.54) is 0 Å². The van der Waals surface area contributed by atoms with E-state index in [9.17, 15) is 13.2 Å². The zero-order valence-corrected chi connectivity index (χ0v) is 13.1. The van der Waals surface area contributed by atoms with Crippen LogP contribution in [0.25, 0.3) is 0 Å². The molecule has 2 fully saturated rings. The van der Waals surface area contributed by atoms with E-state index < -0.39 is 11.7 Å². The predicted molar refractivity (Wildman–Crippen MR) is 80.2 cm³/mol.